The molecule has 5 N–H and O–H groups in total. The van der Waals surface area contributed by atoms with Gasteiger partial charge in [0.2, 0.25) is 0 Å². The summed E-state index contributed by atoms with van der Waals surface area (Å²) in [5, 5.41) is 0. The molecule has 0 amide bonds. The van der Waals surface area contributed by atoms with E-state index in [0.717, 1.165) is 0 Å². The van der Waals surface area contributed by atoms with Crippen LogP contribution in [-0.2, 0) is 15.6 Å². The lowest BCUT2D eigenvalue weighted by atomic mass is 11.8. The summed E-state index contributed by atoms with van der Waals surface area (Å²) >= 11 is 15.4. The van der Waals surface area contributed by atoms with Crippen LogP contribution in [-0.4, -0.2) is 7.33 Å². The summed E-state index contributed by atoms with van der Waals surface area (Å²) in [6.07, 6.45) is 0. The molecule has 0 saturated heterocycles. The third-order valence-corrected chi connectivity index (χ3v) is 3.92. The molecular weight excluding hydrogens is 255 g/mol. The molecule has 0 fully saturated rings. The van der Waals surface area contributed by atoms with Gasteiger partial charge in [-0.3, -0.25) is 15.6 Å². The van der Waals surface area contributed by atoms with Gasteiger partial charge in [0.25, 0.3) is 10.7 Å². The number of rotatable bonds is 2. The molecule has 1 atom stereocenters. The second kappa shape index (κ2) is 3.89. The first-order chi connectivity index (χ1) is 4.63. The van der Waals surface area contributed by atoms with Crippen LogP contribution in [0.2, 0.25) is 0 Å². The Hall–Kier alpha value is 1.13. The molecule has 0 aromatic heterocycles. The highest BCUT2D eigenvalue weighted by atomic mass is 35.6. The SMILES string of the molecule is NP(N)(=O)NS(=O)C(Cl)(Cl)Cl. The third kappa shape index (κ3) is 6.31. The summed E-state index contributed by atoms with van der Waals surface area (Å²) in [5.41, 5.74) is 9.57. The molecule has 0 aliphatic rings. The Balaban J connectivity index is 4.23. The highest BCUT2D eigenvalue weighted by Gasteiger charge is 2.32. The predicted octanol–water partition coefficient (Wildman–Crippen LogP) is 0.593. The molecule has 5 nitrogen and oxygen atoms in total. The lowest BCUT2D eigenvalue weighted by Crippen LogP contribution is -2.31. The monoisotopic (exact) mass is 259 g/mol. The minimum Gasteiger partial charge on any atom is -0.270 e. The van der Waals surface area contributed by atoms with Crippen molar-refractivity contribution in [3.05, 3.63) is 0 Å². The van der Waals surface area contributed by atoms with E-state index >= 15 is 0 Å². The van der Waals surface area contributed by atoms with Crippen molar-refractivity contribution < 1.29 is 8.77 Å². The van der Waals surface area contributed by atoms with Crippen LogP contribution in [0.3, 0.4) is 0 Å². The first-order valence-corrected chi connectivity index (χ1v) is 6.19. The molecule has 0 aromatic carbocycles. The number of hydrogen-bond donors (Lipinski definition) is 3. The maximum atomic E-state index is 10.8. The van der Waals surface area contributed by atoms with Crippen LogP contribution in [0.4, 0.5) is 0 Å². The van der Waals surface area contributed by atoms with E-state index in [9.17, 15) is 8.77 Å². The van der Waals surface area contributed by atoms with Gasteiger partial charge in [-0.15, -0.1) is 0 Å². The Kier molecular flexibility index (Phi) is 4.29. The van der Waals surface area contributed by atoms with Crippen molar-refractivity contribution in [1.29, 1.82) is 0 Å². The van der Waals surface area contributed by atoms with Crippen molar-refractivity contribution in [1.82, 2.24) is 4.49 Å². The molecule has 0 aliphatic heterocycles. The molecule has 0 heterocycles. The summed E-state index contributed by atoms with van der Waals surface area (Å²) in [4.78, 5) is 0. The zero-order valence-corrected chi connectivity index (χ0v) is 8.94. The Morgan fingerprint density at radius 3 is 1.82 bits per heavy atom. The lowest BCUT2D eigenvalue weighted by Gasteiger charge is -2.13. The summed E-state index contributed by atoms with van der Waals surface area (Å²) in [5.74, 6) is 0. The molecule has 0 bridgehead atoms. The summed E-state index contributed by atoms with van der Waals surface area (Å²) in [7, 11) is -5.80. The minimum absolute atomic E-state index is 1.75. The van der Waals surface area contributed by atoms with E-state index in [4.69, 9.17) is 45.8 Å². The van der Waals surface area contributed by atoms with E-state index in [1.54, 1.807) is 4.49 Å². The molecule has 0 radical (unpaired) electrons. The van der Waals surface area contributed by atoms with Crippen LogP contribution in [0.5, 0.6) is 0 Å². The Labute approximate surface area is 80.8 Å². The van der Waals surface area contributed by atoms with Gasteiger partial charge in [-0.2, -0.15) is 4.49 Å². The van der Waals surface area contributed by atoms with Crippen molar-refractivity contribution in [2.24, 2.45) is 11.0 Å². The van der Waals surface area contributed by atoms with E-state index in [0.29, 0.717) is 0 Å². The van der Waals surface area contributed by atoms with Gasteiger partial charge in [-0.25, -0.2) is 4.21 Å². The molecule has 11 heavy (non-hydrogen) atoms. The van der Waals surface area contributed by atoms with Crippen LogP contribution in [0.15, 0.2) is 0 Å². The van der Waals surface area contributed by atoms with Gasteiger partial charge >= 0.3 is 0 Å². The van der Waals surface area contributed by atoms with Crippen LogP contribution in [0.1, 0.15) is 0 Å². The molecule has 1 unspecified atom stereocenters. The van der Waals surface area contributed by atoms with Crippen LogP contribution >= 0.6 is 42.4 Å². The zero-order valence-electron chi connectivity index (χ0n) is 4.96. The van der Waals surface area contributed by atoms with Gasteiger partial charge in [0.1, 0.15) is 0 Å². The maximum absolute atomic E-state index is 10.8. The Morgan fingerprint density at radius 1 is 1.36 bits per heavy atom. The average molecular weight is 260 g/mol. The summed E-state index contributed by atoms with van der Waals surface area (Å²) in [6.45, 7) is 0. The van der Waals surface area contributed by atoms with Gasteiger partial charge in [0, 0.05) is 0 Å². The highest BCUT2D eigenvalue weighted by molar-refractivity contribution is 7.95. The molecule has 0 aliphatic carbocycles. The number of nitrogens with one attached hydrogen (secondary N) is 1. The van der Waals surface area contributed by atoms with Crippen LogP contribution < -0.4 is 15.5 Å². The topological polar surface area (TPSA) is 98.2 Å². The largest absolute Gasteiger partial charge is 0.285 e. The first-order valence-electron chi connectivity index (χ1n) is 2.06. The van der Waals surface area contributed by atoms with Gasteiger partial charge in [0.05, 0.1) is 0 Å². The molecule has 0 aromatic rings. The molecule has 10 heteroatoms. The zero-order chi connectivity index (χ0) is 9.28. The fourth-order valence-corrected chi connectivity index (χ4v) is 2.56. The lowest BCUT2D eigenvalue weighted by molar-refractivity contribution is 0.574. The number of hydrogen-bond acceptors (Lipinski definition) is 2. The molecular formula is CH5Cl3N3O2PS. The summed E-state index contributed by atoms with van der Waals surface area (Å²) in [6, 6.07) is 0. The maximum Gasteiger partial charge on any atom is 0.285 e. The van der Waals surface area contributed by atoms with E-state index in [2.05, 4.69) is 0 Å². The van der Waals surface area contributed by atoms with E-state index in [1.165, 1.54) is 0 Å². The third-order valence-electron chi connectivity index (χ3n) is 0.436. The normalized spacial score (nSPS) is 16.5. The van der Waals surface area contributed by atoms with E-state index < -0.39 is 21.7 Å². The minimum atomic E-state index is -3.62. The quantitative estimate of drug-likeness (QED) is 0.500. The van der Waals surface area contributed by atoms with Crippen LogP contribution in [0, 0.1) is 0 Å². The van der Waals surface area contributed by atoms with Gasteiger partial charge in [-0.05, 0) is 0 Å². The number of alkyl halides is 3. The van der Waals surface area contributed by atoms with Crippen molar-refractivity contribution in [3.63, 3.8) is 0 Å². The predicted molar refractivity (Wildman–Crippen MR) is 47.5 cm³/mol. The number of halogens is 3. The van der Waals surface area contributed by atoms with E-state index in [-0.39, 0.29) is 0 Å². The molecule has 0 rings (SSSR count). The van der Waals surface area contributed by atoms with Gasteiger partial charge in [0.15, 0.2) is 11.0 Å². The van der Waals surface area contributed by atoms with Crippen molar-refractivity contribution in [3.8, 4) is 0 Å². The van der Waals surface area contributed by atoms with Crippen molar-refractivity contribution >= 4 is 53.4 Å². The second-order valence-corrected chi connectivity index (χ2v) is 7.77. The second-order valence-electron chi connectivity index (χ2n) is 1.52. The summed E-state index contributed by atoms with van der Waals surface area (Å²) < 4.78 is 21.0. The van der Waals surface area contributed by atoms with Gasteiger partial charge < -0.3 is 0 Å². The Morgan fingerprint density at radius 2 is 1.73 bits per heavy atom. The van der Waals surface area contributed by atoms with Crippen molar-refractivity contribution in [2.75, 3.05) is 0 Å². The molecule has 0 spiro atoms. The average Bonchev–Trinajstić information content (AvgIpc) is 1.56. The van der Waals surface area contributed by atoms with E-state index in [1.807, 2.05) is 0 Å². The van der Waals surface area contributed by atoms with Crippen molar-refractivity contribution in [2.45, 2.75) is 3.12 Å². The molecule has 68 valence electrons. The first kappa shape index (κ1) is 12.1. The smallest absolute Gasteiger partial charge is 0.270 e. The standard InChI is InChI=1S/CH5Cl3N3O2PS/c2-1(3,4)11(9)7-10(5,6)8/h(H5,5,6,7,8). The Bertz CT molecular complexity index is 209. The van der Waals surface area contributed by atoms with Crippen LogP contribution in [0.25, 0.3) is 0 Å². The number of nitrogens with two attached hydrogens (primary N) is 2. The molecule has 0 saturated carbocycles. The fraction of sp³-hybridized carbons (Fsp3) is 1.00. The van der Waals surface area contributed by atoms with Gasteiger partial charge in [-0.1, -0.05) is 34.8 Å². The fourth-order valence-electron chi connectivity index (χ4n) is 0.181. The highest BCUT2D eigenvalue weighted by Crippen LogP contribution is 2.32.